The first-order valence-corrected chi connectivity index (χ1v) is 13.8. The van der Waals surface area contributed by atoms with Crippen molar-refractivity contribution in [3.05, 3.63) is 171 Å². The fourth-order valence-electron chi connectivity index (χ4n) is 5.38. The second-order valence-corrected chi connectivity index (χ2v) is 10.2. The number of anilines is 1. The predicted molar refractivity (Wildman–Crippen MR) is 162 cm³/mol. The topological polar surface area (TPSA) is 75.9 Å². The maximum Gasteiger partial charge on any atom is 0.270 e. The summed E-state index contributed by atoms with van der Waals surface area (Å²) in [5.41, 5.74) is 4.80. The molecular weight excluding hydrogens is 526 g/mol. The molecule has 0 saturated carbocycles. The summed E-state index contributed by atoms with van der Waals surface area (Å²) in [6.45, 7) is 1.23. The van der Waals surface area contributed by atoms with E-state index >= 15 is 0 Å². The summed E-state index contributed by atoms with van der Waals surface area (Å²) >= 11 is 0. The molecule has 0 N–H and O–H groups in total. The zero-order valence-corrected chi connectivity index (χ0v) is 22.9. The molecular formula is C35H29N3O4. The molecule has 1 heterocycles. The van der Waals surface area contributed by atoms with Gasteiger partial charge < -0.3 is 14.5 Å². The number of rotatable bonds is 9. The summed E-state index contributed by atoms with van der Waals surface area (Å²) in [6, 6.07) is 42.1. The van der Waals surface area contributed by atoms with Gasteiger partial charge in [-0.05, 0) is 40.5 Å². The van der Waals surface area contributed by atoms with Crippen LogP contribution >= 0.6 is 0 Å². The molecule has 42 heavy (non-hydrogen) atoms. The van der Waals surface area contributed by atoms with Crippen LogP contribution in [-0.4, -0.2) is 15.7 Å². The maximum atomic E-state index is 14.2. The number of ether oxygens (including phenoxy) is 1. The van der Waals surface area contributed by atoms with Gasteiger partial charge in [0.25, 0.3) is 11.6 Å². The van der Waals surface area contributed by atoms with E-state index in [0.717, 1.165) is 22.3 Å². The molecule has 6 rings (SSSR count). The second kappa shape index (κ2) is 12.0. The lowest BCUT2D eigenvalue weighted by atomic mass is 9.98. The van der Waals surface area contributed by atoms with Crippen molar-refractivity contribution in [2.24, 2.45) is 0 Å². The lowest BCUT2D eigenvalue weighted by Crippen LogP contribution is -2.48. The predicted octanol–water partition coefficient (Wildman–Crippen LogP) is 7.54. The Kier molecular flexibility index (Phi) is 7.64. The molecule has 0 unspecified atom stereocenters. The van der Waals surface area contributed by atoms with E-state index in [-0.39, 0.29) is 11.6 Å². The van der Waals surface area contributed by atoms with E-state index < -0.39 is 11.1 Å². The number of amides is 1. The number of nitro benzene ring substituents is 1. The van der Waals surface area contributed by atoms with Gasteiger partial charge in [0.15, 0.2) is 0 Å². The summed E-state index contributed by atoms with van der Waals surface area (Å²) in [5.74, 6) is 0.431. The molecule has 0 bridgehead atoms. The molecule has 0 saturated heterocycles. The van der Waals surface area contributed by atoms with Gasteiger partial charge in [-0.15, -0.1) is 0 Å². The van der Waals surface area contributed by atoms with Gasteiger partial charge >= 0.3 is 0 Å². The Morgan fingerprint density at radius 1 is 0.667 bits per heavy atom. The summed E-state index contributed by atoms with van der Waals surface area (Å²) in [7, 11) is 0. The molecule has 1 aliphatic rings. The number of hydrogen-bond acceptors (Lipinski definition) is 5. The van der Waals surface area contributed by atoms with E-state index in [0.29, 0.717) is 36.7 Å². The lowest BCUT2D eigenvalue weighted by molar-refractivity contribution is -0.384. The third kappa shape index (κ3) is 5.71. The molecule has 7 heteroatoms. The maximum absolute atomic E-state index is 14.2. The zero-order valence-electron chi connectivity index (χ0n) is 22.9. The number of benzene rings is 5. The summed E-state index contributed by atoms with van der Waals surface area (Å²) in [4.78, 5) is 29.4. The van der Waals surface area contributed by atoms with Gasteiger partial charge in [0, 0.05) is 25.2 Å². The number of non-ortho nitro benzene ring substituents is 1. The molecule has 1 aliphatic heterocycles. The van der Waals surface area contributed by atoms with Gasteiger partial charge in [-0.2, -0.15) is 0 Å². The largest absolute Gasteiger partial charge is 0.489 e. The van der Waals surface area contributed by atoms with Crippen molar-refractivity contribution in [1.29, 1.82) is 0 Å². The second-order valence-electron chi connectivity index (χ2n) is 10.2. The SMILES string of the molecule is O=C1c2cc([N+](=O)[O-])ccc2N(Cc2ccccc2)[C@@H](c2cccc(OCc3ccccc3)c2)N1Cc1ccccc1. The highest BCUT2D eigenvalue weighted by Gasteiger charge is 2.39. The van der Waals surface area contributed by atoms with Gasteiger partial charge in [0.05, 0.1) is 16.2 Å². The molecule has 0 spiro atoms. The molecule has 0 radical (unpaired) electrons. The van der Waals surface area contributed by atoms with E-state index in [2.05, 4.69) is 4.90 Å². The van der Waals surface area contributed by atoms with E-state index in [4.69, 9.17) is 4.74 Å². The minimum atomic E-state index is -0.493. The Bertz CT molecular complexity index is 1690. The Morgan fingerprint density at radius 3 is 1.88 bits per heavy atom. The van der Waals surface area contributed by atoms with Gasteiger partial charge in [0.1, 0.15) is 18.5 Å². The van der Waals surface area contributed by atoms with Crippen molar-refractivity contribution in [3.8, 4) is 5.75 Å². The molecule has 208 valence electrons. The van der Waals surface area contributed by atoms with Crippen molar-refractivity contribution < 1.29 is 14.5 Å². The third-order valence-electron chi connectivity index (χ3n) is 7.38. The molecule has 0 aliphatic carbocycles. The van der Waals surface area contributed by atoms with Crippen molar-refractivity contribution in [2.45, 2.75) is 25.9 Å². The van der Waals surface area contributed by atoms with Gasteiger partial charge in [-0.3, -0.25) is 14.9 Å². The minimum Gasteiger partial charge on any atom is -0.489 e. The fraction of sp³-hybridized carbons (Fsp3) is 0.114. The smallest absolute Gasteiger partial charge is 0.270 e. The third-order valence-corrected chi connectivity index (χ3v) is 7.38. The van der Waals surface area contributed by atoms with Crippen molar-refractivity contribution >= 4 is 17.3 Å². The van der Waals surface area contributed by atoms with Gasteiger partial charge in [-0.1, -0.05) is 103 Å². The van der Waals surface area contributed by atoms with Crippen LogP contribution in [0.25, 0.3) is 0 Å². The summed E-state index contributed by atoms with van der Waals surface area (Å²) in [6.07, 6.45) is -0.493. The zero-order chi connectivity index (χ0) is 28.9. The van der Waals surface area contributed by atoms with Crippen molar-refractivity contribution in [2.75, 3.05) is 4.90 Å². The highest BCUT2D eigenvalue weighted by Crippen LogP contribution is 2.42. The van der Waals surface area contributed by atoms with Crippen LogP contribution in [0.4, 0.5) is 11.4 Å². The van der Waals surface area contributed by atoms with Crippen LogP contribution in [0.2, 0.25) is 0 Å². The number of hydrogen-bond donors (Lipinski definition) is 0. The van der Waals surface area contributed by atoms with Gasteiger partial charge in [-0.25, -0.2) is 0 Å². The monoisotopic (exact) mass is 555 g/mol. The first-order valence-electron chi connectivity index (χ1n) is 13.8. The van der Waals surface area contributed by atoms with Crippen molar-refractivity contribution in [1.82, 2.24) is 4.90 Å². The molecule has 0 fully saturated rings. The van der Waals surface area contributed by atoms with E-state index in [1.807, 2.05) is 115 Å². The molecule has 5 aromatic rings. The number of nitro groups is 1. The van der Waals surface area contributed by atoms with Crippen LogP contribution in [0, 0.1) is 10.1 Å². The van der Waals surface area contributed by atoms with Gasteiger partial charge in [0.2, 0.25) is 0 Å². The molecule has 5 aromatic carbocycles. The number of carbonyl (C=O) groups excluding carboxylic acids is 1. The Balaban J connectivity index is 1.46. The standard InChI is InChI=1S/C35H29N3O4/c39-35-32-22-30(38(40)41)19-20-33(32)36(23-26-11-4-1-5-12-26)34(37(35)24-27-13-6-2-7-14-27)29-17-10-18-31(21-29)42-25-28-15-8-3-9-16-28/h1-22,34H,23-25H2/t34-/m1/s1. The van der Waals surface area contributed by atoms with Crippen LogP contribution in [0.1, 0.15) is 38.8 Å². The van der Waals surface area contributed by atoms with Crippen molar-refractivity contribution in [3.63, 3.8) is 0 Å². The first-order chi connectivity index (χ1) is 20.6. The van der Waals surface area contributed by atoms with Crippen LogP contribution in [-0.2, 0) is 19.7 Å². The number of carbonyl (C=O) groups is 1. The summed E-state index contributed by atoms with van der Waals surface area (Å²) < 4.78 is 6.17. The van der Waals surface area contributed by atoms with Crippen LogP contribution < -0.4 is 9.64 Å². The highest BCUT2D eigenvalue weighted by molar-refractivity contribution is 6.02. The number of fused-ring (bicyclic) bond motifs is 1. The quantitative estimate of drug-likeness (QED) is 0.139. The molecule has 1 amide bonds. The molecule has 7 nitrogen and oxygen atoms in total. The van der Waals surface area contributed by atoms with E-state index in [1.54, 1.807) is 11.0 Å². The van der Waals surface area contributed by atoms with Crippen LogP contribution in [0.5, 0.6) is 5.75 Å². The van der Waals surface area contributed by atoms with Crippen LogP contribution in [0.3, 0.4) is 0 Å². The number of nitrogens with zero attached hydrogens (tertiary/aromatic N) is 3. The van der Waals surface area contributed by atoms with E-state index in [1.165, 1.54) is 12.1 Å². The average molecular weight is 556 g/mol. The highest BCUT2D eigenvalue weighted by atomic mass is 16.6. The fourth-order valence-corrected chi connectivity index (χ4v) is 5.38. The lowest BCUT2D eigenvalue weighted by Gasteiger charge is -2.46. The average Bonchev–Trinajstić information content (AvgIpc) is 3.03. The van der Waals surface area contributed by atoms with Crippen LogP contribution in [0.15, 0.2) is 133 Å². The first kappa shape index (κ1) is 26.8. The Labute approximate surface area is 244 Å². The molecule has 1 atom stereocenters. The Morgan fingerprint density at radius 2 is 1.26 bits per heavy atom. The molecule has 0 aromatic heterocycles. The summed E-state index contributed by atoms with van der Waals surface area (Å²) in [5, 5.41) is 11.7. The minimum absolute atomic E-state index is 0.115. The normalized spacial score (nSPS) is 14.4. The Hall–Kier alpha value is -5.43. The van der Waals surface area contributed by atoms with E-state index in [9.17, 15) is 14.9 Å².